The molecule has 1 saturated heterocycles. The van der Waals surface area contributed by atoms with Gasteiger partial charge in [0, 0.05) is 19.1 Å². The van der Waals surface area contributed by atoms with Crippen LogP contribution in [0.1, 0.15) is 56.4 Å². The third-order valence-electron chi connectivity index (χ3n) is 4.63. The minimum atomic E-state index is -0.370. The van der Waals surface area contributed by atoms with Crippen molar-refractivity contribution < 1.29 is 13.5 Å². The molecular formula is C17H21FN2O2. The van der Waals surface area contributed by atoms with Crippen molar-refractivity contribution in [2.75, 3.05) is 13.2 Å². The van der Waals surface area contributed by atoms with Gasteiger partial charge in [0.2, 0.25) is 11.8 Å². The van der Waals surface area contributed by atoms with Gasteiger partial charge in [0.25, 0.3) is 0 Å². The van der Waals surface area contributed by atoms with E-state index in [1.165, 1.54) is 12.1 Å². The molecular weight excluding hydrogens is 283 g/mol. The van der Waals surface area contributed by atoms with Gasteiger partial charge in [0.15, 0.2) is 0 Å². The van der Waals surface area contributed by atoms with Gasteiger partial charge in [-0.25, -0.2) is 4.39 Å². The van der Waals surface area contributed by atoms with E-state index in [4.69, 9.17) is 9.15 Å². The van der Waals surface area contributed by atoms with Crippen molar-refractivity contribution in [3.63, 3.8) is 0 Å². The molecule has 1 aromatic carbocycles. The van der Waals surface area contributed by atoms with Crippen LogP contribution in [0.4, 0.5) is 4.39 Å². The number of ether oxygens (including phenoxy) is 1. The van der Waals surface area contributed by atoms with Crippen molar-refractivity contribution in [3.8, 4) is 0 Å². The van der Waals surface area contributed by atoms with Crippen LogP contribution in [0.2, 0.25) is 0 Å². The van der Waals surface area contributed by atoms with Gasteiger partial charge in [-0.2, -0.15) is 0 Å². The lowest BCUT2D eigenvalue weighted by Gasteiger charge is -2.34. The van der Waals surface area contributed by atoms with Crippen molar-refractivity contribution in [2.45, 2.75) is 44.4 Å². The van der Waals surface area contributed by atoms with E-state index < -0.39 is 0 Å². The number of halogens is 1. The summed E-state index contributed by atoms with van der Waals surface area (Å²) in [7, 11) is 0. The molecule has 0 amide bonds. The van der Waals surface area contributed by atoms with Crippen LogP contribution in [0.5, 0.6) is 0 Å². The molecule has 1 atom stereocenters. The number of aromatic nitrogens is 2. The Balaban J connectivity index is 2.02. The molecule has 1 unspecified atom stereocenters. The van der Waals surface area contributed by atoms with E-state index in [9.17, 15) is 4.39 Å². The summed E-state index contributed by atoms with van der Waals surface area (Å²) >= 11 is 0. The number of nitrogens with zero attached hydrogens (tertiary/aromatic N) is 2. The van der Waals surface area contributed by atoms with Gasteiger partial charge in [0.1, 0.15) is 5.82 Å². The minimum absolute atomic E-state index is 0.239. The predicted octanol–water partition coefficient (Wildman–Crippen LogP) is 3.82. The second-order valence-electron chi connectivity index (χ2n) is 5.96. The van der Waals surface area contributed by atoms with Crippen LogP contribution in [-0.4, -0.2) is 23.4 Å². The van der Waals surface area contributed by atoms with E-state index in [-0.39, 0.29) is 17.2 Å². The van der Waals surface area contributed by atoms with Crippen LogP contribution in [0.3, 0.4) is 0 Å². The zero-order chi connectivity index (χ0) is 15.6. The third kappa shape index (κ3) is 2.65. The predicted molar refractivity (Wildman–Crippen MR) is 80.2 cm³/mol. The highest BCUT2D eigenvalue weighted by molar-refractivity contribution is 5.32. The fraction of sp³-hybridized carbons (Fsp3) is 0.529. The Kier molecular flexibility index (Phi) is 4.25. The summed E-state index contributed by atoms with van der Waals surface area (Å²) in [6.45, 7) is 5.45. The van der Waals surface area contributed by atoms with Crippen molar-refractivity contribution in [1.29, 1.82) is 0 Å². The molecule has 0 bridgehead atoms. The summed E-state index contributed by atoms with van der Waals surface area (Å²) in [6.07, 6.45) is 2.48. The van der Waals surface area contributed by atoms with Crippen LogP contribution in [0.25, 0.3) is 0 Å². The van der Waals surface area contributed by atoms with E-state index in [0.717, 1.165) is 24.8 Å². The second-order valence-corrected chi connectivity index (χ2v) is 5.96. The van der Waals surface area contributed by atoms with Gasteiger partial charge in [0.05, 0.1) is 5.41 Å². The van der Waals surface area contributed by atoms with Crippen molar-refractivity contribution in [2.24, 2.45) is 0 Å². The molecule has 3 rings (SSSR count). The number of benzene rings is 1. The van der Waals surface area contributed by atoms with E-state index >= 15 is 0 Å². The first-order chi connectivity index (χ1) is 10.7. The number of rotatable bonds is 4. The van der Waals surface area contributed by atoms with E-state index in [2.05, 4.69) is 24.0 Å². The van der Waals surface area contributed by atoms with Gasteiger partial charge in [-0.3, -0.25) is 0 Å². The normalized spacial score (nSPS) is 19.0. The van der Waals surface area contributed by atoms with Crippen LogP contribution in [0.15, 0.2) is 28.7 Å². The maximum absolute atomic E-state index is 13.3. The average Bonchev–Trinajstić information content (AvgIpc) is 3.06. The van der Waals surface area contributed by atoms with Gasteiger partial charge < -0.3 is 9.15 Å². The van der Waals surface area contributed by atoms with Crippen LogP contribution in [-0.2, 0) is 10.2 Å². The highest BCUT2D eigenvalue weighted by atomic mass is 19.1. The molecule has 0 saturated carbocycles. The number of hydrogen-bond acceptors (Lipinski definition) is 4. The molecule has 4 nitrogen and oxygen atoms in total. The van der Waals surface area contributed by atoms with Gasteiger partial charge in [-0.15, -0.1) is 10.2 Å². The molecule has 2 heterocycles. The van der Waals surface area contributed by atoms with Crippen molar-refractivity contribution in [3.05, 3.63) is 47.4 Å². The molecule has 1 fully saturated rings. The van der Waals surface area contributed by atoms with E-state index in [1.807, 2.05) is 12.1 Å². The fourth-order valence-electron chi connectivity index (χ4n) is 2.92. The Labute approximate surface area is 129 Å². The SMILES string of the molecule is CCC(C)c1nnc(C2(c3ccc(F)cc3)CCOCC2)o1. The summed E-state index contributed by atoms with van der Waals surface area (Å²) in [6, 6.07) is 6.60. The molecule has 22 heavy (non-hydrogen) atoms. The average molecular weight is 304 g/mol. The molecule has 0 N–H and O–H groups in total. The Morgan fingerprint density at radius 3 is 2.50 bits per heavy atom. The van der Waals surface area contributed by atoms with Gasteiger partial charge >= 0.3 is 0 Å². The van der Waals surface area contributed by atoms with E-state index in [1.54, 1.807) is 0 Å². The Morgan fingerprint density at radius 2 is 1.86 bits per heavy atom. The molecule has 0 radical (unpaired) electrons. The smallest absolute Gasteiger partial charge is 0.227 e. The highest BCUT2D eigenvalue weighted by Gasteiger charge is 2.41. The topological polar surface area (TPSA) is 48.2 Å². The van der Waals surface area contributed by atoms with Crippen LogP contribution < -0.4 is 0 Å². The minimum Gasteiger partial charge on any atom is -0.424 e. The first-order valence-electron chi connectivity index (χ1n) is 7.83. The van der Waals surface area contributed by atoms with Crippen LogP contribution >= 0.6 is 0 Å². The third-order valence-corrected chi connectivity index (χ3v) is 4.63. The number of hydrogen-bond donors (Lipinski definition) is 0. The first-order valence-corrected chi connectivity index (χ1v) is 7.83. The molecule has 1 aliphatic rings. The summed E-state index contributed by atoms with van der Waals surface area (Å²) in [4.78, 5) is 0. The first kappa shape index (κ1) is 15.2. The lowest BCUT2D eigenvalue weighted by atomic mass is 9.74. The maximum atomic E-state index is 13.3. The van der Waals surface area contributed by atoms with Crippen LogP contribution in [0, 0.1) is 5.82 Å². The molecule has 5 heteroatoms. The zero-order valence-electron chi connectivity index (χ0n) is 13.0. The molecule has 1 aromatic heterocycles. The second kappa shape index (κ2) is 6.16. The van der Waals surface area contributed by atoms with Gasteiger partial charge in [-0.05, 0) is 37.0 Å². The Bertz CT molecular complexity index is 618. The molecule has 0 aliphatic carbocycles. The summed E-state index contributed by atoms with van der Waals surface area (Å²) < 4.78 is 24.8. The van der Waals surface area contributed by atoms with Crippen molar-refractivity contribution >= 4 is 0 Å². The van der Waals surface area contributed by atoms with E-state index in [0.29, 0.717) is 25.0 Å². The Morgan fingerprint density at radius 1 is 1.18 bits per heavy atom. The standard InChI is InChI=1S/C17H21FN2O2/c1-3-12(2)15-19-20-16(22-15)17(8-10-21-11-9-17)13-4-6-14(18)7-5-13/h4-7,12H,3,8-11H2,1-2H3. The van der Waals surface area contributed by atoms with Gasteiger partial charge in [-0.1, -0.05) is 26.0 Å². The summed E-state index contributed by atoms with van der Waals surface area (Å²) in [5, 5.41) is 8.53. The lowest BCUT2D eigenvalue weighted by Crippen LogP contribution is -2.35. The molecule has 1 aliphatic heterocycles. The molecule has 2 aromatic rings. The Hall–Kier alpha value is -1.75. The quantitative estimate of drug-likeness (QED) is 0.861. The van der Waals surface area contributed by atoms with Crippen molar-refractivity contribution in [1.82, 2.24) is 10.2 Å². The summed E-state index contributed by atoms with van der Waals surface area (Å²) in [5.41, 5.74) is 0.640. The maximum Gasteiger partial charge on any atom is 0.227 e. The molecule has 118 valence electrons. The fourth-order valence-corrected chi connectivity index (χ4v) is 2.92. The summed E-state index contributed by atoms with van der Waals surface area (Å²) in [5.74, 6) is 1.30. The monoisotopic (exact) mass is 304 g/mol. The zero-order valence-corrected chi connectivity index (χ0v) is 13.0. The lowest BCUT2D eigenvalue weighted by molar-refractivity contribution is 0.0539. The highest BCUT2D eigenvalue weighted by Crippen LogP contribution is 2.41. The largest absolute Gasteiger partial charge is 0.424 e. The molecule has 0 spiro atoms.